The maximum absolute atomic E-state index is 10.9. The second-order valence-electron chi connectivity index (χ2n) is 4.45. The normalized spacial score (nSPS) is 14.4. The van der Waals surface area contributed by atoms with E-state index in [0.717, 1.165) is 19.3 Å². The summed E-state index contributed by atoms with van der Waals surface area (Å²) in [6.45, 7) is 2.19. The molecule has 0 saturated carbocycles. The van der Waals surface area contributed by atoms with E-state index in [1.807, 2.05) is 0 Å². The van der Waals surface area contributed by atoms with E-state index in [9.17, 15) is 15.0 Å². The molecule has 0 aliphatic heterocycles. The Bertz CT molecular complexity index is 194. The van der Waals surface area contributed by atoms with E-state index >= 15 is 0 Å². The SMILES string of the molecule is CCCCCCCCC[C@@H](O)[C@@H](O)C(=O)OC. The van der Waals surface area contributed by atoms with E-state index in [-0.39, 0.29) is 0 Å². The number of aliphatic hydroxyl groups is 2. The molecule has 0 rings (SSSR count). The molecule has 2 atom stereocenters. The van der Waals surface area contributed by atoms with Gasteiger partial charge >= 0.3 is 5.97 Å². The number of methoxy groups -OCH3 is 1. The first-order chi connectivity index (χ1) is 8.13. The predicted octanol–water partition coefficient (Wildman–Crippen LogP) is 2.02. The number of aliphatic hydroxyl groups excluding tert-OH is 2. The number of hydrogen-bond acceptors (Lipinski definition) is 4. The monoisotopic (exact) mass is 246 g/mol. The van der Waals surface area contributed by atoms with E-state index in [4.69, 9.17) is 0 Å². The molecule has 0 radical (unpaired) electrons. The van der Waals surface area contributed by atoms with Gasteiger partial charge in [-0.3, -0.25) is 0 Å². The summed E-state index contributed by atoms with van der Waals surface area (Å²) in [5.74, 6) is -0.763. The Balaban J connectivity index is 3.44. The van der Waals surface area contributed by atoms with Gasteiger partial charge in [0.25, 0.3) is 0 Å². The fourth-order valence-electron chi connectivity index (χ4n) is 1.75. The van der Waals surface area contributed by atoms with E-state index in [1.54, 1.807) is 0 Å². The maximum Gasteiger partial charge on any atom is 0.337 e. The van der Waals surface area contributed by atoms with Gasteiger partial charge in [0.2, 0.25) is 0 Å². The fourth-order valence-corrected chi connectivity index (χ4v) is 1.75. The molecule has 4 heteroatoms. The quantitative estimate of drug-likeness (QED) is 0.457. The van der Waals surface area contributed by atoms with Crippen molar-refractivity contribution in [1.82, 2.24) is 0 Å². The molecule has 0 aromatic rings. The Morgan fingerprint density at radius 3 is 2.12 bits per heavy atom. The van der Waals surface area contributed by atoms with Crippen LogP contribution >= 0.6 is 0 Å². The van der Waals surface area contributed by atoms with Crippen molar-refractivity contribution in [2.75, 3.05) is 7.11 Å². The second kappa shape index (κ2) is 10.5. The van der Waals surface area contributed by atoms with Gasteiger partial charge in [0.15, 0.2) is 6.10 Å². The Morgan fingerprint density at radius 1 is 1.06 bits per heavy atom. The first-order valence-electron chi connectivity index (χ1n) is 6.57. The van der Waals surface area contributed by atoms with E-state index in [1.165, 1.54) is 32.8 Å². The lowest BCUT2D eigenvalue weighted by Gasteiger charge is -2.15. The average Bonchev–Trinajstić information content (AvgIpc) is 2.35. The molecule has 0 amide bonds. The van der Waals surface area contributed by atoms with Crippen molar-refractivity contribution < 1.29 is 19.7 Å². The third-order valence-corrected chi connectivity index (χ3v) is 2.91. The highest BCUT2D eigenvalue weighted by Gasteiger charge is 2.24. The second-order valence-corrected chi connectivity index (χ2v) is 4.45. The number of rotatable bonds is 10. The van der Waals surface area contributed by atoms with Crippen molar-refractivity contribution in [3.05, 3.63) is 0 Å². The minimum absolute atomic E-state index is 0.448. The van der Waals surface area contributed by atoms with Gasteiger partial charge in [0.05, 0.1) is 13.2 Å². The summed E-state index contributed by atoms with van der Waals surface area (Å²) in [5.41, 5.74) is 0. The number of carbonyl (C=O) groups excluding carboxylic acids is 1. The lowest BCUT2D eigenvalue weighted by atomic mass is 10.0. The van der Waals surface area contributed by atoms with Crippen LogP contribution in [-0.4, -0.2) is 35.5 Å². The van der Waals surface area contributed by atoms with Crippen LogP contribution in [0.2, 0.25) is 0 Å². The predicted molar refractivity (Wildman–Crippen MR) is 66.6 cm³/mol. The van der Waals surface area contributed by atoms with Crippen LogP contribution in [0.3, 0.4) is 0 Å². The van der Waals surface area contributed by atoms with Crippen molar-refractivity contribution in [3.63, 3.8) is 0 Å². The third kappa shape index (κ3) is 8.16. The first-order valence-corrected chi connectivity index (χ1v) is 6.57. The minimum atomic E-state index is -1.40. The van der Waals surface area contributed by atoms with Gasteiger partial charge in [-0.25, -0.2) is 4.79 Å². The smallest absolute Gasteiger partial charge is 0.337 e. The maximum atomic E-state index is 10.9. The minimum Gasteiger partial charge on any atom is -0.467 e. The Labute approximate surface area is 104 Å². The van der Waals surface area contributed by atoms with Gasteiger partial charge in [-0.15, -0.1) is 0 Å². The molecule has 2 N–H and O–H groups in total. The zero-order chi connectivity index (χ0) is 13.1. The van der Waals surface area contributed by atoms with Crippen molar-refractivity contribution in [2.24, 2.45) is 0 Å². The number of unbranched alkanes of at least 4 members (excludes halogenated alkanes) is 6. The van der Waals surface area contributed by atoms with Crippen LogP contribution in [0.15, 0.2) is 0 Å². The molecule has 4 nitrogen and oxygen atoms in total. The van der Waals surface area contributed by atoms with Crippen molar-refractivity contribution in [1.29, 1.82) is 0 Å². The number of ether oxygens (including phenoxy) is 1. The molecule has 0 saturated heterocycles. The topological polar surface area (TPSA) is 66.8 Å². The summed E-state index contributed by atoms with van der Waals surface area (Å²) in [7, 11) is 1.20. The Hall–Kier alpha value is -0.610. The zero-order valence-corrected chi connectivity index (χ0v) is 11.0. The van der Waals surface area contributed by atoms with Crippen molar-refractivity contribution in [3.8, 4) is 0 Å². The van der Waals surface area contributed by atoms with Gasteiger partial charge in [-0.05, 0) is 6.42 Å². The van der Waals surface area contributed by atoms with Gasteiger partial charge in [0.1, 0.15) is 0 Å². The standard InChI is InChI=1S/C13H26O4/c1-3-4-5-6-7-8-9-10-11(14)12(15)13(16)17-2/h11-12,14-15H,3-10H2,1-2H3/t11-,12-/m1/s1. The molecular formula is C13H26O4. The summed E-state index contributed by atoms with van der Waals surface area (Å²) >= 11 is 0. The van der Waals surface area contributed by atoms with Gasteiger partial charge in [-0.2, -0.15) is 0 Å². The van der Waals surface area contributed by atoms with Crippen LogP contribution in [0.5, 0.6) is 0 Å². The van der Waals surface area contributed by atoms with Crippen molar-refractivity contribution in [2.45, 2.75) is 70.5 Å². The molecule has 0 heterocycles. The van der Waals surface area contributed by atoms with Gasteiger partial charge < -0.3 is 14.9 Å². The first kappa shape index (κ1) is 16.4. The highest BCUT2D eigenvalue weighted by Crippen LogP contribution is 2.11. The van der Waals surface area contributed by atoms with Gasteiger partial charge in [0, 0.05) is 0 Å². The molecule has 0 aliphatic carbocycles. The molecule has 102 valence electrons. The fraction of sp³-hybridized carbons (Fsp3) is 0.923. The summed E-state index contributed by atoms with van der Waals surface area (Å²) < 4.78 is 4.36. The van der Waals surface area contributed by atoms with Crippen LogP contribution < -0.4 is 0 Å². The lowest BCUT2D eigenvalue weighted by molar-refractivity contribution is -0.156. The molecule has 0 aliphatic rings. The number of esters is 1. The van der Waals surface area contributed by atoms with Gasteiger partial charge in [-0.1, -0.05) is 51.9 Å². The Kier molecular flexibility index (Phi) is 10.2. The molecule has 0 aromatic heterocycles. The molecule has 0 spiro atoms. The summed E-state index contributed by atoms with van der Waals surface area (Å²) in [4.78, 5) is 10.9. The molecule has 0 bridgehead atoms. The Morgan fingerprint density at radius 2 is 1.59 bits per heavy atom. The molecular weight excluding hydrogens is 220 g/mol. The number of hydrogen-bond donors (Lipinski definition) is 2. The van der Waals surface area contributed by atoms with Crippen molar-refractivity contribution >= 4 is 5.97 Å². The highest BCUT2D eigenvalue weighted by atomic mass is 16.5. The lowest BCUT2D eigenvalue weighted by Crippen LogP contribution is -2.34. The van der Waals surface area contributed by atoms with Crippen LogP contribution in [0.4, 0.5) is 0 Å². The van der Waals surface area contributed by atoms with Crippen LogP contribution in [0, 0.1) is 0 Å². The molecule has 17 heavy (non-hydrogen) atoms. The zero-order valence-electron chi connectivity index (χ0n) is 11.0. The van der Waals surface area contributed by atoms with E-state index in [0.29, 0.717) is 6.42 Å². The summed E-state index contributed by atoms with van der Waals surface area (Å²) in [6, 6.07) is 0. The summed E-state index contributed by atoms with van der Waals surface area (Å²) in [5, 5.41) is 18.8. The van der Waals surface area contributed by atoms with Crippen LogP contribution in [-0.2, 0) is 9.53 Å². The van der Waals surface area contributed by atoms with E-state index in [2.05, 4.69) is 11.7 Å². The third-order valence-electron chi connectivity index (χ3n) is 2.91. The highest BCUT2D eigenvalue weighted by molar-refractivity contribution is 5.74. The molecule has 0 aromatic carbocycles. The number of carbonyl (C=O) groups is 1. The van der Waals surface area contributed by atoms with E-state index < -0.39 is 18.2 Å². The largest absolute Gasteiger partial charge is 0.467 e. The molecule has 0 unspecified atom stereocenters. The average molecular weight is 246 g/mol. The van der Waals surface area contributed by atoms with Crippen LogP contribution in [0.1, 0.15) is 58.3 Å². The van der Waals surface area contributed by atoms with Crippen LogP contribution in [0.25, 0.3) is 0 Å². The molecule has 0 fully saturated rings. The summed E-state index contributed by atoms with van der Waals surface area (Å²) in [6.07, 6.45) is 6.08.